The fraction of sp³-hybridized carbons (Fsp3) is 0.931. The zero-order chi connectivity index (χ0) is 24.6. The fourth-order valence-corrected chi connectivity index (χ4v) is 8.85. The maximum Gasteiger partial charge on any atom is 0.245 e. The first-order valence-electron chi connectivity index (χ1n) is 15.2. The van der Waals surface area contributed by atoms with E-state index < -0.39 is 0 Å². The van der Waals surface area contributed by atoms with Crippen LogP contribution in [-0.2, 0) is 19.1 Å². The number of carbonyl (C=O) groups is 2. The molecular formula is C29H47N3O4. The van der Waals surface area contributed by atoms with Crippen molar-refractivity contribution >= 4 is 11.8 Å². The number of nitrogens with one attached hydrogen (secondary N) is 1. The summed E-state index contributed by atoms with van der Waals surface area (Å²) in [5.41, 5.74) is 0. The molecule has 0 aromatic rings. The van der Waals surface area contributed by atoms with Gasteiger partial charge in [0.15, 0.2) is 0 Å². The predicted molar refractivity (Wildman–Crippen MR) is 137 cm³/mol. The van der Waals surface area contributed by atoms with Gasteiger partial charge in [0.2, 0.25) is 11.8 Å². The zero-order valence-electron chi connectivity index (χ0n) is 22.2. The van der Waals surface area contributed by atoms with Gasteiger partial charge in [-0.05, 0) is 62.7 Å². The van der Waals surface area contributed by atoms with E-state index in [2.05, 4.69) is 17.1 Å². The maximum absolute atomic E-state index is 13.9. The second-order valence-electron chi connectivity index (χ2n) is 12.6. The van der Waals surface area contributed by atoms with Crippen molar-refractivity contribution < 1.29 is 19.1 Å². The summed E-state index contributed by atoms with van der Waals surface area (Å²) in [5.74, 6) is 1.94. The molecule has 0 aromatic carbocycles. The average molecular weight is 502 g/mol. The number of piperidine rings is 1. The molecular weight excluding hydrogens is 454 g/mol. The Kier molecular flexibility index (Phi) is 7.60. The zero-order valence-corrected chi connectivity index (χ0v) is 22.2. The fourth-order valence-electron chi connectivity index (χ4n) is 8.85. The number of unbranched alkanes of at least 4 members (excludes halogenated alkanes) is 5. The van der Waals surface area contributed by atoms with E-state index in [1.807, 2.05) is 4.90 Å². The minimum absolute atomic E-state index is 0.108. The van der Waals surface area contributed by atoms with Crippen LogP contribution in [0.15, 0.2) is 0 Å². The molecule has 6 fully saturated rings. The monoisotopic (exact) mass is 501 g/mol. The van der Waals surface area contributed by atoms with Crippen molar-refractivity contribution in [2.75, 3.05) is 19.9 Å². The summed E-state index contributed by atoms with van der Waals surface area (Å²) in [7, 11) is 0. The number of hydrogen-bond acceptors (Lipinski definition) is 5. The molecule has 9 unspecified atom stereocenters. The highest BCUT2D eigenvalue weighted by molar-refractivity contribution is 5.95. The lowest BCUT2D eigenvalue weighted by Gasteiger charge is -2.55. The van der Waals surface area contributed by atoms with Crippen LogP contribution in [0.5, 0.6) is 0 Å². The van der Waals surface area contributed by atoms with Gasteiger partial charge in [0.1, 0.15) is 12.8 Å². The van der Waals surface area contributed by atoms with E-state index in [9.17, 15) is 9.59 Å². The van der Waals surface area contributed by atoms with Crippen LogP contribution in [0, 0.1) is 17.8 Å². The first kappa shape index (κ1) is 25.1. The van der Waals surface area contributed by atoms with Crippen LogP contribution in [0.25, 0.3) is 0 Å². The minimum Gasteiger partial charge on any atom is -0.349 e. The van der Waals surface area contributed by atoms with Crippen molar-refractivity contribution in [3.8, 4) is 0 Å². The molecule has 4 heterocycles. The largest absolute Gasteiger partial charge is 0.349 e. The number of hydrogen-bond donors (Lipinski definition) is 1. The van der Waals surface area contributed by atoms with Gasteiger partial charge in [-0.2, -0.15) is 0 Å². The molecule has 1 N–H and O–H groups in total. The van der Waals surface area contributed by atoms with Gasteiger partial charge in [-0.3, -0.25) is 9.59 Å². The van der Waals surface area contributed by atoms with E-state index in [0.29, 0.717) is 36.6 Å². The van der Waals surface area contributed by atoms with Gasteiger partial charge in [-0.15, -0.1) is 0 Å². The first-order valence-corrected chi connectivity index (χ1v) is 15.2. The van der Waals surface area contributed by atoms with Gasteiger partial charge < -0.3 is 24.6 Å². The lowest BCUT2D eigenvalue weighted by atomic mass is 9.67. The van der Waals surface area contributed by atoms with Crippen LogP contribution < -0.4 is 5.32 Å². The van der Waals surface area contributed by atoms with E-state index in [-0.39, 0.29) is 42.7 Å². The van der Waals surface area contributed by atoms with E-state index >= 15 is 0 Å². The van der Waals surface area contributed by atoms with E-state index in [0.717, 1.165) is 45.1 Å². The molecule has 2 aliphatic carbocycles. The summed E-state index contributed by atoms with van der Waals surface area (Å²) in [6, 6.07) is 0.722. The Morgan fingerprint density at radius 2 is 1.69 bits per heavy atom. The molecule has 0 aromatic heterocycles. The predicted octanol–water partition coefficient (Wildman–Crippen LogP) is 3.85. The highest BCUT2D eigenvalue weighted by atomic mass is 16.7. The van der Waals surface area contributed by atoms with Crippen molar-refractivity contribution in [1.82, 2.24) is 15.1 Å². The number of ether oxygens (including phenoxy) is 2. The van der Waals surface area contributed by atoms with Crippen molar-refractivity contribution in [2.45, 2.75) is 133 Å². The standard InChI is InChI=1S/C29H47N3O4/c1-2-3-4-5-6-9-14-31-17-26(33)32-23(29(31)34)16-21-20-10-7-8-11-22(20)30-27(21)28(32)19-12-13-24-25(15-19)36-18-35-24/h19-25,27-28,30H,2-18H2,1H3. The Morgan fingerprint density at radius 3 is 2.58 bits per heavy atom. The van der Waals surface area contributed by atoms with Crippen LogP contribution >= 0.6 is 0 Å². The molecule has 0 spiro atoms. The summed E-state index contributed by atoms with van der Waals surface area (Å²) in [6.45, 7) is 3.64. The van der Waals surface area contributed by atoms with Gasteiger partial charge >= 0.3 is 0 Å². The lowest BCUT2D eigenvalue weighted by Crippen LogP contribution is -2.71. The van der Waals surface area contributed by atoms with Crippen molar-refractivity contribution in [3.63, 3.8) is 0 Å². The highest BCUT2D eigenvalue weighted by Crippen LogP contribution is 2.49. The Hall–Kier alpha value is -1.18. The molecule has 4 aliphatic heterocycles. The molecule has 4 saturated heterocycles. The van der Waals surface area contributed by atoms with Crippen molar-refractivity contribution in [2.24, 2.45) is 17.8 Å². The smallest absolute Gasteiger partial charge is 0.245 e. The van der Waals surface area contributed by atoms with E-state index in [1.54, 1.807) is 0 Å². The molecule has 36 heavy (non-hydrogen) atoms. The third-order valence-corrected chi connectivity index (χ3v) is 10.6. The van der Waals surface area contributed by atoms with Gasteiger partial charge in [0, 0.05) is 18.6 Å². The quantitative estimate of drug-likeness (QED) is 0.512. The Balaban J connectivity index is 1.20. The summed E-state index contributed by atoms with van der Waals surface area (Å²) in [6.07, 6.45) is 16.5. The summed E-state index contributed by atoms with van der Waals surface area (Å²) >= 11 is 0. The van der Waals surface area contributed by atoms with Crippen LogP contribution in [0.1, 0.15) is 96.8 Å². The van der Waals surface area contributed by atoms with Crippen molar-refractivity contribution in [3.05, 3.63) is 0 Å². The lowest BCUT2D eigenvalue weighted by molar-refractivity contribution is -0.167. The Morgan fingerprint density at radius 1 is 0.889 bits per heavy atom. The van der Waals surface area contributed by atoms with Crippen LogP contribution in [-0.4, -0.2) is 77.9 Å². The summed E-state index contributed by atoms with van der Waals surface area (Å²) < 4.78 is 11.7. The van der Waals surface area contributed by atoms with Gasteiger partial charge in [-0.25, -0.2) is 0 Å². The number of amides is 2. The minimum atomic E-state index is -0.265. The van der Waals surface area contributed by atoms with Crippen LogP contribution in [0.2, 0.25) is 0 Å². The second-order valence-corrected chi connectivity index (χ2v) is 12.6. The van der Waals surface area contributed by atoms with Crippen LogP contribution in [0.3, 0.4) is 0 Å². The Labute approximate surface area is 217 Å². The first-order chi connectivity index (χ1) is 17.7. The normalized spacial score (nSPS) is 42.2. The third-order valence-electron chi connectivity index (χ3n) is 10.6. The third kappa shape index (κ3) is 4.62. The van der Waals surface area contributed by atoms with Crippen LogP contribution in [0.4, 0.5) is 0 Å². The van der Waals surface area contributed by atoms with Gasteiger partial charge in [0.25, 0.3) is 0 Å². The molecule has 9 atom stereocenters. The molecule has 0 radical (unpaired) electrons. The number of piperazine rings is 1. The number of carbonyl (C=O) groups excluding carboxylic acids is 2. The molecule has 6 rings (SSSR count). The van der Waals surface area contributed by atoms with E-state index in [1.165, 1.54) is 51.4 Å². The number of nitrogens with zero attached hydrogens (tertiary/aromatic N) is 2. The van der Waals surface area contributed by atoms with Gasteiger partial charge in [-0.1, -0.05) is 51.9 Å². The SMILES string of the molecule is CCCCCCCCN1CC(=O)N2C(CC3C4CCCCC4NC3C2C2CCC3OCOC3C2)C1=O. The van der Waals surface area contributed by atoms with E-state index in [4.69, 9.17) is 9.47 Å². The van der Waals surface area contributed by atoms with Gasteiger partial charge in [0.05, 0.1) is 24.8 Å². The van der Waals surface area contributed by atoms with Crippen molar-refractivity contribution in [1.29, 1.82) is 0 Å². The highest BCUT2D eigenvalue weighted by Gasteiger charge is 2.59. The molecule has 2 amide bonds. The molecule has 6 aliphatic rings. The number of rotatable bonds is 8. The molecule has 202 valence electrons. The number of fused-ring (bicyclic) bond motifs is 5. The molecule has 7 nitrogen and oxygen atoms in total. The Bertz CT molecular complexity index is 807. The summed E-state index contributed by atoms with van der Waals surface area (Å²) in [4.78, 5) is 31.7. The maximum atomic E-state index is 13.9. The molecule has 7 heteroatoms. The molecule has 2 saturated carbocycles. The topological polar surface area (TPSA) is 71.1 Å². The average Bonchev–Trinajstić information content (AvgIpc) is 3.51. The molecule has 0 bridgehead atoms. The second kappa shape index (κ2) is 10.9. The summed E-state index contributed by atoms with van der Waals surface area (Å²) in [5, 5.41) is 4.05.